The molecule has 1 aromatic heterocycles. The predicted octanol–water partition coefficient (Wildman–Crippen LogP) is 4.58. The SMILES string of the molecule is COc1ccc(C2CN(C(=O)c3ccc(Cl)cc3Cl)CC2C(=O)NCc2ccccn2)c(OC)c1. The Hall–Kier alpha value is -3.29. The molecule has 0 radical (unpaired) electrons. The monoisotopic (exact) mass is 513 g/mol. The third-order valence-corrected chi connectivity index (χ3v) is 6.66. The van der Waals surface area contributed by atoms with Gasteiger partial charge in [0.15, 0.2) is 0 Å². The van der Waals surface area contributed by atoms with Crippen LogP contribution >= 0.6 is 23.2 Å². The predicted molar refractivity (Wildman–Crippen MR) is 134 cm³/mol. The van der Waals surface area contributed by atoms with Gasteiger partial charge >= 0.3 is 0 Å². The van der Waals surface area contributed by atoms with Crippen molar-refractivity contribution in [2.75, 3.05) is 27.3 Å². The second-order valence-electron chi connectivity index (χ2n) is 8.19. The van der Waals surface area contributed by atoms with Gasteiger partial charge in [-0.3, -0.25) is 14.6 Å². The van der Waals surface area contributed by atoms with Gasteiger partial charge in [0.25, 0.3) is 5.91 Å². The van der Waals surface area contributed by atoms with Gasteiger partial charge in [-0.1, -0.05) is 35.3 Å². The summed E-state index contributed by atoms with van der Waals surface area (Å²) >= 11 is 12.3. The second kappa shape index (κ2) is 11.0. The molecule has 2 unspecified atom stereocenters. The average molecular weight is 514 g/mol. The first kappa shape index (κ1) is 24.8. The lowest BCUT2D eigenvalue weighted by Gasteiger charge is -2.21. The average Bonchev–Trinajstić information content (AvgIpc) is 3.32. The fourth-order valence-electron chi connectivity index (χ4n) is 4.32. The maximum absolute atomic E-state index is 13.4. The molecule has 2 aromatic carbocycles. The highest BCUT2D eigenvalue weighted by Crippen LogP contribution is 2.40. The minimum atomic E-state index is -0.504. The number of ether oxygens (including phenoxy) is 2. The first-order chi connectivity index (χ1) is 16.9. The molecule has 182 valence electrons. The third kappa shape index (κ3) is 5.52. The molecule has 0 bridgehead atoms. The van der Waals surface area contributed by atoms with Crippen LogP contribution in [-0.4, -0.2) is 49.0 Å². The summed E-state index contributed by atoms with van der Waals surface area (Å²) in [4.78, 5) is 32.6. The fourth-order valence-corrected chi connectivity index (χ4v) is 4.81. The zero-order valence-corrected chi connectivity index (χ0v) is 20.8. The van der Waals surface area contributed by atoms with Crippen LogP contribution in [0.3, 0.4) is 0 Å². The van der Waals surface area contributed by atoms with Crippen molar-refractivity contribution in [1.29, 1.82) is 0 Å². The van der Waals surface area contributed by atoms with E-state index >= 15 is 0 Å². The number of carbonyl (C=O) groups excluding carboxylic acids is 2. The van der Waals surface area contributed by atoms with Crippen molar-refractivity contribution in [1.82, 2.24) is 15.2 Å². The lowest BCUT2D eigenvalue weighted by molar-refractivity contribution is -0.125. The Morgan fingerprint density at radius 1 is 1.06 bits per heavy atom. The molecule has 0 saturated carbocycles. The number of carbonyl (C=O) groups is 2. The molecule has 2 amide bonds. The van der Waals surface area contributed by atoms with Crippen molar-refractivity contribution in [3.8, 4) is 11.5 Å². The lowest BCUT2D eigenvalue weighted by Crippen LogP contribution is -2.35. The number of nitrogens with zero attached hydrogens (tertiary/aromatic N) is 2. The molecule has 4 rings (SSSR count). The molecule has 35 heavy (non-hydrogen) atoms. The maximum Gasteiger partial charge on any atom is 0.255 e. The molecule has 7 nitrogen and oxygen atoms in total. The van der Waals surface area contributed by atoms with Crippen LogP contribution < -0.4 is 14.8 Å². The second-order valence-corrected chi connectivity index (χ2v) is 9.04. The van der Waals surface area contributed by atoms with Gasteiger partial charge in [0.2, 0.25) is 5.91 Å². The molecule has 9 heteroatoms. The zero-order valence-electron chi connectivity index (χ0n) is 19.3. The molecule has 2 atom stereocenters. The highest BCUT2D eigenvalue weighted by atomic mass is 35.5. The number of hydrogen-bond acceptors (Lipinski definition) is 5. The Bertz CT molecular complexity index is 1220. The molecule has 1 saturated heterocycles. The van der Waals surface area contributed by atoms with Crippen LogP contribution in [0.15, 0.2) is 60.8 Å². The topological polar surface area (TPSA) is 80.8 Å². The Morgan fingerprint density at radius 3 is 2.57 bits per heavy atom. The Balaban J connectivity index is 1.63. The summed E-state index contributed by atoms with van der Waals surface area (Å²) in [5.41, 5.74) is 1.91. The number of benzene rings is 2. The van der Waals surface area contributed by atoms with E-state index in [-0.39, 0.29) is 29.3 Å². The summed E-state index contributed by atoms with van der Waals surface area (Å²) in [5.74, 6) is 0.00201. The first-order valence-corrected chi connectivity index (χ1v) is 11.8. The summed E-state index contributed by atoms with van der Waals surface area (Å²) in [5, 5.41) is 3.68. The van der Waals surface area contributed by atoms with Crippen LogP contribution in [0.4, 0.5) is 0 Å². The van der Waals surface area contributed by atoms with Crippen LogP contribution in [-0.2, 0) is 11.3 Å². The molecule has 1 aliphatic rings. The highest BCUT2D eigenvalue weighted by Gasteiger charge is 2.42. The van der Waals surface area contributed by atoms with Crippen molar-refractivity contribution in [2.24, 2.45) is 5.92 Å². The Morgan fingerprint density at radius 2 is 1.89 bits per heavy atom. The van der Waals surface area contributed by atoms with Crippen LogP contribution in [0.25, 0.3) is 0 Å². The van der Waals surface area contributed by atoms with Crippen molar-refractivity contribution in [3.63, 3.8) is 0 Å². The summed E-state index contributed by atoms with van der Waals surface area (Å²) in [6.07, 6.45) is 1.68. The van der Waals surface area contributed by atoms with Crippen LogP contribution in [0, 0.1) is 5.92 Å². The number of methoxy groups -OCH3 is 2. The van der Waals surface area contributed by atoms with Gasteiger partial charge in [-0.15, -0.1) is 0 Å². The van der Waals surface area contributed by atoms with Gasteiger partial charge in [-0.2, -0.15) is 0 Å². The minimum Gasteiger partial charge on any atom is -0.497 e. The van der Waals surface area contributed by atoms with Gasteiger partial charge in [0, 0.05) is 41.9 Å². The van der Waals surface area contributed by atoms with Gasteiger partial charge in [-0.25, -0.2) is 0 Å². The number of rotatable bonds is 7. The molecule has 0 spiro atoms. The Labute approximate surface area is 214 Å². The molecule has 1 fully saturated rings. The smallest absolute Gasteiger partial charge is 0.255 e. The molecule has 2 heterocycles. The Kier molecular flexibility index (Phi) is 7.78. The van der Waals surface area contributed by atoms with E-state index in [1.165, 1.54) is 6.07 Å². The highest BCUT2D eigenvalue weighted by molar-refractivity contribution is 6.36. The number of nitrogens with one attached hydrogen (secondary N) is 1. The lowest BCUT2D eigenvalue weighted by atomic mass is 9.87. The number of aromatic nitrogens is 1. The van der Waals surface area contributed by atoms with E-state index in [4.69, 9.17) is 32.7 Å². The van der Waals surface area contributed by atoms with Crippen molar-refractivity contribution < 1.29 is 19.1 Å². The van der Waals surface area contributed by atoms with Gasteiger partial charge in [0.05, 0.1) is 43.0 Å². The normalized spacial score (nSPS) is 17.2. The number of amides is 2. The number of likely N-dealkylation sites (tertiary alicyclic amines) is 1. The zero-order chi connectivity index (χ0) is 24.9. The van der Waals surface area contributed by atoms with Crippen molar-refractivity contribution in [2.45, 2.75) is 12.5 Å². The molecule has 1 N–H and O–H groups in total. The standard InChI is InChI=1S/C26H25Cl2N3O4/c1-34-18-7-9-19(24(12-18)35-2)21-14-31(26(33)20-8-6-16(27)11-23(20)28)15-22(21)25(32)30-13-17-5-3-4-10-29-17/h3-12,21-22H,13-15H2,1-2H3,(H,30,32). The molecular weight excluding hydrogens is 489 g/mol. The van der Waals surface area contributed by atoms with E-state index in [0.717, 1.165) is 11.3 Å². The minimum absolute atomic E-state index is 0.170. The third-order valence-electron chi connectivity index (χ3n) is 6.12. The van der Waals surface area contributed by atoms with E-state index in [1.807, 2.05) is 30.3 Å². The largest absolute Gasteiger partial charge is 0.497 e. The molecular formula is C26H25Cl2N3O4. The quantitative estimate of drug-likeness (QED) is 0.500. The molecule has 1 aliphatic heterocycles. The summed E-state index contributed by atoms with van der Waals surface area (Å²) < 4.78 is 10.9. The summed E-state index contributed by atoms with van der Waals surface area (Å²) in [6.45, 7) is 0.841. The fraction of sp³-hybridized carbons (Fsp3) is 0.269. The van der Waals surface area contributed by atoms with E-state index in [1.54, 1.807) is 43.5 Å². The van der Waals surface area contributed by atoms with Gasteiger partial charge in [0.1, 0.15) is 11.5 Å². The number of hydrogen-bond donors (Lipinski definition) is 1. The molecule has 0 aliphatic carbocycles. The van der Waals surface area contributed by atoms with Gasteiger partial charge < -0.3 is 19.7 Å². The first-order valence-electron chi connectivity index (χ1n) is 11.0. The van der Waals surface area contributed by atoms with Crippen LogP contribution in [0.2, 0.25) is 10.0 Å². The van der Waals surface area contributed by atoms with Crippen molar-refractivity contribution in [3.05, 3.63) is 87.7 Å². The number of halogens is 2. The van der Waals surface area contributed by atoms with E-state index in [2.05, 4.69) is 10.3 Å². The van der Waals surface area contributed by atoms with Gasteiger partial charge in [-0.05, 0) is 36.4 Å². The summed E-state index contributed by atoms with van der Waals surface area (Å²) in [6, 6.07) is 15.8. The van der Waals surface area contributed by atoms with Crippen LogP contribution in [0.1, 0.15) is 27.5 Å². The van der Waals surface area contributed by atoms with E-state index in [9.17, 15) is 9.59 Å². The van der Waals surface area contributed by atoms with E-state index < -0.39 is 5.92 Å². The number of pyridine rings is 1. The van der Waals surface area contributed by atoms with E-state index in [0.29, 0.717) is 35.2 Å². The maximum atomic E-state index is 13.4. The molecule has 3 aromatic rings. The van der Waals surface area contributed by atoms with Crippen molar-refractivity contribution >= 4 is 35.0 Å². The summed E-state index contributed by atoms with van der Waals surface area (Å²) in [7, 11) is 3.15. The van der Waals surface area contributed by atoms with Crippen LogP contribution in [0.5, 0.6) is 11.5 Å².